The summed E-state index contributed by atoms with van der Waals surface area (Å²) in [5.41, 5.74) is -0.868. The van der Waals surface area contributed by atoms with E-state index in [1.165, 1.54) is 0 Å². The molecule has 16 heavy (non-hydrogen) atoms. The van der Waals surface area contributed by atoms with E-state index in [0.717, 1.165) is 23.9 Å². The van der Waals surface area contributed by atoms with Crippen molar-refractivity contribution in [3.8, 4) is 0 Å². The van der Waals surface area contributed by atoms with Crippen molar-refractivity contribution in [2.45, 2.75) is 18.4 Å². The molecule has 4 atom stereocenters. The molecule has 2 aliphatic heterocycles. The van der Waals surface area contributed by atoms with Gasteiger partial charge in [-0.1, -0.05) is 22.0 Å². The smallest absolute Gasteiger partial charge is 0.180 e. The minimum atomic E-state index is -0.481. The third kappa shape index (κ3) is 0.913. The highest BCUT2D eigenvalue weighted by atomic mass is 79.9. The molecule has 2 spiro atoms. The van der Waals surface area contributed by atoms with Gasteiger partial charge in [-0.3, -0.25) is 4.79 Å². The molecule has 3 aliphatic carbocycles. The number of rotatable bonds is 0. The Hall–Kier alpha value is -0.190. The summed E-state index contributed by atoms with van der Waals surface area (Å²) in [5.74, 6) is 1.02. The third-order valence-electron chi connectivity index (χ3n) is 4.75. The average molecular weight is 285 g/mol. The number of hydrogen-bond acceptors (Lipinski definition) is 3. The maximum atomic E-state index is 12.6. The number of carbonyl (C=O) groups excluding carboxylic acids is 1. The standard InChI is InChI=1S/C12H13BrO3/c13-9-4-11-5-15-2-1-7(11)3-8(9)12(6-16-12)10(11)14/h4,7-8H,1-3,5-6H2/t7?,8?,11?,12-/m0/s1. The molecule has 3 unspecified atom stereocenters. The van der Waals surface area contributed by atoms with Crippen LogP contribution in [-0.2, 0) is 14.3 Å². The van der Waals surface area contributed by atoms with E-state index in [1.54, 1.807) is 0 Å². The van der Waals surface area contributed by atoms with Gasteiger partial charge in [-0.25, -0.2) is 0 Å². The molecule has 0 N–H and O–H groups in total. The number of ketones is 1. The van der Waals surface area contributed by atoms with Gasteiger partial charge < -0.3 is 9.47 Å². The van der Waals surface area contributed by atoms with Crippen molar-refractivity contribution in [3.63, 3.8) is 0 Å². The minimum absolute atomic E-state index is 0.268. The first kappa shape index (κ1) is 9.80. The summed E-state index contributed by atoms with van der Waals surface area (Å²) in [6, 6.07) is 0. The summed E-state index contributed by atoms with van der Waals surface area (Å²) in [6.45, 7) is 1.95. The largest absolute Gasteiger partial charge is 0.380 e. The van der Waals surface area contributed by atoms with Crippen molar-refractivity contribution in [1.29, 1.82) is 0 Å². The van der Waals surface area contributed by atoms with Crippen LogP contribution < -0.4 is 0 Å². The Balaban J connectivity index is 1.89. The number of epoxide rings is 1. The molecule has 0 aromatic heterocycles. The van der Waals surface area contributed by atoms with E-state index >= 15 is 0 Å². The minimum Gasteiger partial charge on any atom is -0.380 e. The van der Waals surface area contributed by atoms with Crippen LogP contribution in [0.1, 0.15) is 12.8 Å². The van der Waals surface area contributed by atoms with Crippen LogP contribution in [0.2, 0.25) is 0 Å². The normalized spacial score (nSPS) is 53.8. The van der Waals surface area contributed by atoms with Crippen LogP contribution in [-0.4, -0.2) is 31.2 Å². The molecule has 0 radical (unpaired) electrons. The second kappa shape index (κ2) is 2.79. The first-order valence-electron chi connectivity index (χ1n) is 5.84. The van der Waals surface area contributed by atoms with Gasteiger partial charge in [0.05, 0.1) is 18.6 Å². The van der Waals surface area contributed by atoms with E-state index in [-0.39, 0.29) is 17.1 Å². The van der Waals surface area contributed by atoms with E-state index in [0.29, 0.717) is 19.1 Å². The highest BCUT2D eigenvalue weighted by Crippen LogP contribution is 2.62. The van der Waals surface area contributed by atoms with Crippen LogP contribution in [0.5, 0.6) is 0 Å². The van der Waals surface area contributed by atoms with Crippen molar-refractivity contribution in [2.75, 3.05) is 19.8 Å². The highest BCUT2D eigenvalue weighted by molar-refractivity contribution is 9.11. The predicted molar refractivity (Wildman–Crippen MR) is 60.2 cm³/mol. The molecule has 4 heteroatoms. The first-order chi connectivity index (χ1) is 7.69. The fraction of sp³-hybridized carbons (Fsp3) is 0.750. The van der Waals surface area contributed by atoms with Gasteiger partial charge in [-0.15, -0.1) is 0 Å². The topological polar surface area (TPSA) is 38.8 Å². The number of ether oxygens (including phenoxy) is 2. The molecule has 2 saturated heterocycles. The van der Waals surface area contributed by atoms with Gasteiger partial charge >= 0.3 is 0 Å². The molecule has 3 nitrogen and oxygen atoms in total. The Morgan fingerprint density at radius 2 is 2.25 bits per heavy atom. The summed E-state index contributed by atoms with van der Waals surface area (Å²) in [7, 11) is 0. The van der Waals surface area contributed by atoms with Crippen LogP contribution >= 0.6 is 15.9 Å². The SMILES string of the molecule is O=C1C23C=C(Br)C(CC2CCOC3)[C@@]12CO2. The van der Waals surface area contributed by atoms with Crippen molar-refractivity contribution in [2.24, 2.45) is 17.3 Å². The number of Topliss-reactive ketones (excluding diaryl/α,β-unsaturated/α-hetero) is 1. The van der Waals surface area contributed by atoms with E-state index in [9.17, 15) is 4.79 Å². The second-order valence-electron chi connectivity index (χ2n) is 5.40. The molecule has 0 aromatic rings. The van der Waals surface area contributed by atoms with Gasteiger partial charge in [-0.05, 0) is 23.2 Å². The van der Waals surface area contributed by atoms with Gasteiger partial charge in [0.1, 0.15) is 0 Å². The summed E-state index contributed by atoms with van der Waals surface area (Å²) in [4.78, 5) is 12.6. The van der Waals surface area contributed by atoms with Crippen LogP contribution in [0.4, 0.5) is 0 Å². The maximum Gasteiger partial charge on any atom is 0.180 e. The molecule has 2 heterocycles. The lowest BCUT2D eigenvalue weighted by Crippen LogP contribution is -2.61. The molecule has 5 aliphatic rings. The van der Waals surface area contributed by atoms with E-state index in [2.05, 4.69) is 22.0 Å². The third-order valence-corrected chi connectivity index (χ3v) is 5.54. The monoisotopic (exact) mass is 284 g/mol. The quantitative estimate of drug-likeness (QED) is 0.635. The van der Waals surface area contributed by atoms with E-state index < -0.39 is 5.60 Å². The molecule has 0 amide bonds. The van der Waals surface area contributed by atoms with Crippen molar-refractivity contribution < 1.29 is 14.3 Å². The number of halogens is 1. The Morgan fingerprint density at radius 3 is 3.00 bits per heavy atom. The fourth-order valence-corrected chi connectivity index (χ4v) is 4.73. The zero-order valence-electron chi connectivity index (χ0n) is 8.87. The van der Waals surface area contributed by atoms with Gasteiger partial charge in [0.25, 0.3) is 0 Å². The summed E-state index contributed by atoms with van der Waals surface area (Å²) >= 11 is 3.62. The summed E-state index contributed by atoms with van der Waals surface area (Å²) in [5, 5.41) is 0. The molecule has 5 rings (SSSR count). The fourth-order valence-electron chi connectivity index (χ4n) is 3.77. The zero-order valence-corrected chi connectivity index (χ0v) is 10.5. The molecular weight excluding hydrogens is 272 g/mol. The van der Waals surface area contributed by atoms with Gasteiger partial charge in [0.2, 0.25) is 0 Å². The molecule has 0 aromatic carbocycles. The predicted octanol–water partition coefficient (Wildman–Crippen LogP) is 1.66. The molecule has 2 bridgehead atoms. The van der Waals surface area contributed by atoms with Crippen molar-refractivity contribution >= 4 is 21.7 Å². The summed E-state index contributed by atoms with van der Waals surface area (Å²) < 4.78 is 12.2. The molecule has 86 valence electrons. The van der Waals surface area contributed by atoms with Crippen LogP contribution in [0.15, 0.2) is 10.6 Å². The Morgan fingerprint density at radius 1 is 1.44 bits per heavy atom. The molecule has 1 saturated carbocycles. The zero-order chi connectivity index (χ0) is 11.0. The van der Waals surface area contributed by atoms with Gasteiger partial charge in [0, 0.05) is 12.5 Å². The van der Waals surface area contributed by atoms with E-state index in [4.69, 9.17) is 9.47 Å². The highest BCUT2D eigenvalue weighted by Gasteiger charge is 2.71. The first-order valence-corrected chi connectivity index (χ1v) is 6.63. The van der Waals surface area contributed by atoms with Crippen LogP contribution in [0.25, 0.3) is 0 Å². The van der Waals surface area contributed by atoms with Crippen molar-refractivity contribution in [1.82, 2.24) is 0 Å². The lowest BCUT2D eigenvalue weighted by Gasteiger charge is -2.52. The van der Waals surface area contributed by atoms with Crippen LogP contribution in [0, 0.1) is 17.3 Å². The lowest BCUT2D eigenvalue weighted by atomic mass is 9.53. The van der Waals surface area contributed by atoms with Crippen LogP contribution in [0.3, 0.4) is 0 Å². The Bertz CT molecular complexity index is 412. The Labute approximate surface area is 102 Å². The molecule has 3 fully saturated rings. The lowest BCUT2D eigenvalue weighted by molar-refractivity contribution is -0.154. The second-order valence-corrected chi connectivity index (χ2v) is 6.32. The average Bonchev–Trinajstić information content (AvgIpc) is 3.06. The maximum absolute atomic E-state index is 12.6. The van der Waals surface area contributed by atoms with Crippen molar-refractivity contribution in [3.05, 3.63) is 10.6 Å². The van der Waals surface area contributed by atoms with Gasteiger partial charge in [0.15, 0.2) is 11.4 Å². The van der Waals surface area contributed by atoms with Gasteiger partial charge in [-0.2, -0.15) is 0 Å². The molecular formula is C12H13BrO3. The summed E-state index contributed by atoms with van der Waals surface area (Å²) in [6.07, 6.45) is 4.20. The Kier molecular flexibility index (Phi) is 1.71. The van der Waals surface area contributed by atoms with E-state index in [1.807, 2.05) is 0 Å². The number of carbonyl (C=O) groups is 1. The number of hydrogen-bond donors (Lipinski definition) is 0.